The van der Waals surface area contributed by atoms with Crippen molar-refractivity contribution in [2.75, 3.05) is 51.7 Å². The van der Waals surface area contributed by atoms with Gasteiger partial charge in [0.2, 0.25) is 5.95 Å². The Kier molecular flexibility index (Phi) is 4.86. The zero-order chi connectivity index (χ0) is 20.1. The number of anilines is 1. The van der Waals surface area contributed by atoms with Crippen molar-refractivity contribution < 1.29 is 0 Å². The summed E-state index contributed by atoms with van der Waals surface area (Å²) in [6.07, 6.45) is 0.895. The number of hydrogen-bond acceptors (Lipinski definition) is 6. The number of halogens is 1. The first-order chi connectivity index (χ1) is 14.0. The Hall–Kier alpha value is -1.93. The highest BCUT2D eigenvalue weighted by Gasteiger charge is 2.27. The fourth-order valence-corrected chi connectivity index (χ4v) is 5.70. The number of hydrogen-bond donors (Lipinski definition) is 0. The molecule has 0 bridgehead atoms. The third-order valence-corrected chi connectivity index (χ3v) is 7.25. The largest absolute Gasteiger partial charge is 0.339 e. The predicted octanol–water partition coefficient (Wildman–Crippen LogP) is 2.84. The quantitative estimate of drug-likeness (QED) is 0.626. The van der Waals surface area contributed by atoms with Gasteiger partial charge in [0.25, 0.3) is 5.56 Å². The van der Waals surface area contributed by atoms with Crippen molar-refractivity contribution in [3.05, 3.63) is 50.1 Å². The van der Waals surface area contributed by atoms with Crippen LogP contribution in [0.1, 0.15) is 10.4 Å². The number of piperazine rings is 1. The maximum atomic E-state index is 13.8. The maximum absolute atomic E-state index is 13.8. The molecule has 0 radical (unpaired) electrons. The Morgan fingerprint density at radius 3 is 2.62 bits per heavy atom. The summed E-state index contributed by atoms with van der Waals surface area (Å²) in [7, 11) is 4.25. The van der Waals surface area contributed by atoms with Gasteiger partial charge in [0.05, 0.1) is 11.1 Å². The maximum Gasteiger partial charge on any atom is 0.268 e. The Morgan fingerprint density at radius 2 is 1.86 bits per heavy atom. The molecule has 29 heavy (non-hydrogen) atoms. The number of thiophene rings is 1. The van der Waals surface area contributed by atoms with E-state index in [0.717, 1.165) is 67.5 Å². The summed E-state index contributed by atoms with van der Waals surface area (Å²) in [5.41, 5.74) is 1.98. The number of aromatic nitrogens is 2. The van der Waals surface area contributed by atoms with Crippen LogP contribution < -0.4 is 10.5 Å². The molecule has 1 aromatic carbocycles. The average molecular weight is 430 g/mol. The second kappa shape index (κ2) is 7.40. The number of fused-ring (bicyclic) bond motifs is 3. The molecule has 8 heteroatoms. The molecule has 0 saturated carbocycles. The highest BCUT2D eigenvalue weighted by molar-refractivity contribution is 7.18. The van der Waals surface area contributed by atoms with Crippen molar-refractivity contribution >= 4 is 39.1 Å². The van der Waals surface area contributed by atoms with Gasteiger partial charge in [-0.15, -0.1) is 11.3 Å². The third kappa shape index (κ3) is 3.36. The van der Waals surface area contributed by atoms with Gasteiger partial charge in [-0.1, -0.05) is 17.7 Å². The van der Waals surface area contributed by atoms with Crippen molar-refractivity contribution in [1.29, 1.82) is 0 Å². The van der Waals surface area contributed by atoms with Crippen LogP contribution in [-0.2, 0) is 13.0 Å². The molecule has 0 unspecified atom stereocenters. The van der Waals surface area contributed by atoms with Gasteiger partial charge in [0.1, 0.15) is 4.83 Å². The molecule has 4 heterocycles. The SMILES string of the molecule is CN1CCN(c2nc3sc4c(c3c(=O)n2-c2cccc(Cl)c2)CCN(C)C4)CC1. The van der Waals surface area contributed by atoms with E-state index in [9.17, 15) is 4.79 Å². The first-order valence-corrected chi connectivity index (χ1v) is 11.2. The summed E-state index contributed by atoms with van der Waals surface area (Å²) in [6, 6.07) is 7.51. The Balaban J connectivity index is 1.75. The van der Waals surface area contributed by atoms with Crippen molar-refractivity contribution in [2.45, 2.75) is 13.0 Å². The van der Waals surface area contributed by atoms with Crippen LogP contribution in [0.4, 0.5) is 5.95 Å². The molecule has 2 aromatic heterocycles. The minimum absolute atomic E-state index is 0.0215. The first kappa shape index (κ1) is 19.1. The first-order valence-electron chi connectivity index (χ1n) is 9.96. The molecule has 5 rings (SSSR count). The lowest BCUT2D eigenvalue weighted by atomic mass is 10.1. The molecule has 0 aliphatic carbocycles. The van der Waals surface area contributed by atoms with E-state index in [1.54, 1.807) is 15.9 Å². The molecule has 1 saturated heterocycles. The minimum atomic E-state index is 0.0215. The Bertz CT molecular complexity index is 1130. The summed E-state index contributed by atoms with van der Waals surface area (Å²) in [6.45, 7) is 5.46. The molecule has 152 valence electrons. The van der Waals surface area contributed by atoms with E-state index in [1.807, 2.05) is 24.3 Å². The molecule has 3 aromatic rings. The fourth-order valence-electron chi connectivity index (χ4n) is 4.23. The molecule has 2 aliphatic rings. The lowest BCUT2D eigenvalue weighted by Crippen LogP contribution is -2.46. The van der Waals surface area contributed by atoms with E-state index in [-0.39, 0.29) is 5.56 Å². The minimum Gasteiger partial charge on any atom is -0.339 e. The van der Waals surface area contributed by atoms with Gasteiger partial charge in [-0.25, -0.2) is 9.55 Å². The van der Waals surface area contributed by atoms with Crippen molar-refractivity contribution in [2.24, 2.45) is 0 Å². The standard InChI is InChI=1S/C21H24ClN5OS/c1-24-8-10-26(11-9-24)21-23-19-18(16-6-7-25(2)13-17(16)29-19)20(28)27(21)15-5-3-4-14(22)12-15/h3-5,12H,6-11,13H2,1-2H3. The lowest BCUT2D eigenvalue weighted by Gasteiger charge is -2.34. The van der Waals surface area contributed by atoms with Gasteiger partial charge in [0.15, 0.2) is 0 Å². The molecule has 0 N–H and O–H groups in total. The number of rotatable bonds is 2. The number of benzene rings is 1. The molecule has 0 spiro atoms. The molecular formula is C21H24ClN5OS. The van der Waals surface area contributed by atoms with Gasteiger partial charge in [-0.05, 0) is 44.3 Å². The van der Waals surface area contributed by atoms with E-state index in [1.165, 1.54) is 10.4 Å². The van der Waals surface area contributed by atoms with Crippen LogP contribution in [0, 0.1) is 0 Å². The van der Waals surface area contributed by atoms with Gasteiger partial charge in [0, 0.05) is 49.2 Å². The van der Waals surface area contributed by atoms with E-state index in [0.29, 0.717) is 5.02 Å². The normalized spacial score (nSPS) is 18.4. The molecule has 0 amide bonds. The van der Waals surface area contributed by atoms with Crippen molar-refractivity contribution in [1.82, 2.24) is 19.4 Å². The Labute approximate surface area is 178 Å². The molecule has 0 atom stereocenters. The predicted molar refractivity (Wildman–Crippen MR) is 120 cm³/mol. The monoisotopic (exact) mass is 429 g/mol. The number of likely N-dealkylation sites (N-methyl/N-ethyl adjacent to an activating group) is 2. The van der Waals surface area contributed by atoms with Crippen molar-refractivity contribution in [3.63, 3.8) is 0 Å². The van der Waals surface area contributed by atoms with Gasteiger partial charge in [-0.2, -0.15) is 0 Å². The third-order valence-electron chi connectivity index (χ3n) is 5.90. The van der Waals surface area contributed by atoms with Crippen LogP contribution in [0.5, 0.6) is 0 Å². The van der Waals surface area contributed by atoms with Crippen LogP contribution >= 0.6 is 22.9 Å². The molecule has 2 aliphatic heterocycles. The lowest BCUT2D eigenvalue weighted by molar-refractivity contribution is 0.310. The van der Waals surface area contributed by atoms with Gasteiger partial charge < -0.3 is 14.7 Å². The van der Waals surface area contributed by atoms with Crippen LogP contribution in [0.25, 0.3) is 15.9 Å². The molecule has 1 fully saturated rings. The van der Waals surface area contributed by atoms with E-state index >= 15 is 0 Å². The second-order valence-corrected chi connectivity index (χ2v) is 9.51. The highest BCUT2D eigenvalue weighted by Crippen LogP contribution is 2.34. The zero-order valence-electron chi connectivity index (χ0n) is 16.7. The summed E-state index contributed by atoms with van der Waals surface area (Å²) in [4.78, 5) is 27.8. The van der Waals surface area contributed by atoms with Gasteiger partial charge >= 0.3 is 0 Å². The van der Waals surface area contributed by atoms with E-state index < -0.39 is 0 Å². The topological polar surface area (TPSA) is 44.6 Å². The highest BCUT2D eigenvalue weighted by atomic mass is 35.5. The van der Waals surface area contributed by atoms with E-state index in [4.69, 9.17) is 16.6 Å². The van der Waals surface area contributed by atoms with Crippen LogP contribution in [-0.4, -0.2) is 66.2 Å². The summed E-state index contributed by atoms with van der Waals surface area (Å²) < 4.78 is 1.77. The summed E-state index contributed by atoms with van der Waals surface area (Å²) in [5, 5.41) is 1.41. The van der Waals surface area contributed by atoms with Crippen molar-refractivity contribution in [3.8, 4) is 5.69 Å². The molecular weight excluding hydrogens is 406 g/mol. The van der Waals surface area contributed by atoms with E-state index in [2.05, 4.69) is 28.8 Å². The van der Waals surface area contributed by atoms with Crippen LogP contribution in [0.15, 0.2) is 29.1 Å². The Morgan fingerprint density at radius 1 is 1.07 bits per heavy atom. The summed E-state index contributed by atoms with van der Waals surface area (Å²) >= 11 is 7.95. The fraction of sp³-hybridized carbons (Fsp3) is 0.429. The number of nitrogens with zero attached hydrogens (tertiary/aromatic N) is 5. The summed E-state index contributed by atoms with van der Waals surface area (Å²) in [5.74, 6) is 0.727. The second-order valence-electron chi connectivity index (χ2n) is 7.99. The van der Waals surface area contributed by atoms with Crippen LogP contribution in [0.3, 0.4) is 0 Å². The van der Waals surface area contributed by atoms with Crippen LogP contribution in [0.2, 0.25) is 5.02 Å². The zero-order valence-corrected chi connectivity index (χ0v) is 18.3. The van der Waals surface area contributed by atoms with Gasteiger partial charge in [-0.3, -0.25) is 4.79 Å². The smallest absolute Gasteiger partial charge is 0.268 e. The molecule has 6 nitrogen and oxygen atoms in total. The average Bonchev–Trinajstić information content (AvgIpc) is 3.06.